The summed E-state index contributed by atoms with van der Waals surface area (Å²) in [6.07, 6.45) is 6.03. The van der Waals surface area contributed by atoms with E-state index in [9.17, 15) is 4.79 Å². The molecule has 1 aromatic heterocycles. The van der Waals surface area contributed by atoms with E-state index in [0.29, 0.717) is 30.3 Å². The Balaban J connectivity index is 1.65. The fourth-order valence-corrected chi connectivity index (χ4v) is 4.16. The van der Waals surface area contributed by atoms with Crippen molar-refractivity contribution in [3.05, 3.63) is 11.7 Å². The molecule has 0 unspecified atom stereocenters. The van der Waals surface area contributed by atoms with Crippen LogP contribution in [-0.2, 0) is 17.8 Å². The number of nitrogens with zero attached hydrogens (tertiary/aromatic N) is 4. The van der Waals surface area contributed by atoms with Gasteiger partial charge < -0.3 is 9.42 Å². The van der Waals surface area contributed by atoms with E-state index in [2.05, 4.69) is 33.8 Å². The smallest absolute Gasteiger partial charge is 0.226 e. The topological polar surface area (TPSA) is 62.5 Å². The third-order valence-electron chi connectivity index (χ3n) is 5.22. The minimum absolute atomic E-state index is 0.295. The molecule has 134 valence electrons. The minimum Gasteiger partial charge on any atom is -0.339 e. The van der Waals surface area contributed by atoms with Gasteiger partial charge in [-0.05, 0) is 38.1 Å². The zero-order valence-corrected chi connectivity index (χ0v) is 15.2. The van der Waals surface area contributed by atoms with Gasteiger partial charge in [-0.25, -0.2) is 0 Å². The van der Waals surface area contributed by atoms with Gasteiger partial charge >= 0.3 is 0 Å². The maximum atomic E-state index is 12.2. The van der Waals surface area contributed by atoms with E-state index in [-0.39, 0.29) is 0 Å². The Morgan fingerprint density at radius 1 is 1.25 bits per heavy atom. The number of amides is 1. The fourth-order valence-electron chi connectivity index (χ4n) is 4.16. The van der Waals surface area contributed by atoms with Crippen LogP contribution in [0.4, 0.5) is 0 Å². The van der Waals surface area contributed by atoms with Crippen molar-refractivity contribution in [2.75, 3.05) is 13.1 Å². The van der Waals surface area contributed by atoms with E-state index in [1.54, 1.807) is 0 Å². The molecule has 0 bridgehead atoms. The van der Waals surface area contributed by atoms with Crippen LogP contribution >= 0.6 is 0 Å². The lowest BCUT2D eigenvalue weighted by Crippen LogP contribution is -2.48. The molecule has 2 aliphatic rings. The van der Waals surface area contributed by atoms with Crippen molar-refractivity contribution in [3.63, 3.8) is 0 Å². The molecule has 2 atom stereocenters. The molecule has 0 aromatic carbocycles. The number of likely N-dealkylation sites (tertiary alicyclic amines) is 2. The molecule has 1 aromatic rings. The number of aromatic nitrogens is 2. The Morgan fingerprint density at radius 2 is 2.00 bits per heavy atom. The summed E-state index contributed by atoms with van der Waals surface area (Å²) in [7, 11) is 0. The summed E-state index contributed by atoms with van der Waals surface area (Å²) in [5, 5.41) is 4.16. The van der Waals surface area contributed by atoms with Gasteiger partial charge in [0.25, 0.3) is 0 Å². The first kappa shape index (κ1) is 17.4. The monoisotopic (exact) mass is 334 g/mol. The predicted molar refractivity (Wildman–Crippen MR) is 91.3 cm³/mol. The van der Waals surface area contributed by atoms with Crippen molar-refractivity contribution in [1.29, 1.82) is 0 Å². The number of hydrogen-bond donors (Lipinski definition) is 0. The molecule has 0 spiro atoms. The molecule has 0 saturated carbocycles. The Morgan fingerprint density at radius 3 is 2.75 bits per heavy atom. The van der Waals surface area contributed by atoms with Gasteiger partial charge in [0.1, 0.15) is 0 Å². The lowest BCUT2D eigenvalue weighted by molar-refractivity contribution is -0.132. The predicted octanol–water partition coefficient (Wildman–Crippen LogP) is 2.63. The van der Waals surface area contributed by atoms with Gasteiger partial charge in [-0.15, -0.1) is 0 Å². The lowest BCUT2D eigenvalue weighted by Gasteiger charge is -2.34. The highest BCUT2D eigenvalue weighted by atomic mass is 16.5. The van der Waals surface area contributed by atoms with E-state index < -0.39 is 0 Å². The Hall–Kier alpha value is -1.43. The van der Waals surface area contributed by atoms with Crippen LogP contribution < -0.4 is 0 Å². The van der Waals surface area contributed by atoms with Crippen molar-refractivity contribution in [3.8, 4) is 0 Å². The van der Waals surface area contributed by atoms with Crippen molar-refractivity contribution in [1.82, 2.24) is 19.9 Å². The highest BCUT2D eigenvalue weighted by molar-refractivity contribution is 5.76. The average Bonchev–Trinajstić information content (AvgIpc) is 3.26. The van der Waals surface area contributed by atoms with Gasteiger partial charge in [0.2, 0.25) is 11.8 Å². The number of rotatable bonds is 6. The zero-order valence-electron chi connectivity index (χ0n) is 15.2. The maximum Gasteiger partial charge on any atom is 0.226 e. The van der Waals surface area contributed by atoms with Gasteiger partial charge in [0.15, 0.2) is 5.82 Å². The van der Waals surface area contributed by atoms with E-state index in [1.165, 1.54) is 6.42 Å². The first-order chi connectivity index (χ1) is 11.6. The Labute approximate surface area is 144 Å². The molecule has 2 fully saturated rings. The largest absolute Gasteiger partial charge is 0.339 e. The van der Waals surface area contributed by atoms with Crippen LogP contribution in [-0.4, -0.2) is 51.0 Å². The average molecular weight is 334 g/mol. The summed E-state index contributed by atoms with van der Waals surface area (Å²) in [5.41, 5.74) is 0. The summed E-state index contributed by atoms with van der Waals surface area (Å²) >= 11 is 0. The molecular weight excluding hydrogens is 304 g/mol. The van der Waals surface area contributed by atoms with Gasteiger partial charge in [0.05, 0.1) is 6.54 Å². The number of hydrogen-bond acceptors (Lipinski definition) is 5. The van der Waals surface area contributed by atoms with Crippen LogP contribution in [0.5, 0.6) is 0 Å². The van der Waals surface area contributed by atoms with Gasteiger partial charge in [-0.1, -0.05) is 25.9 Å². The Bertz CT molecular complexity index is 557. The van der Waals surface area contributed by atoms with E-state index >= 15 is 0 Å². The van der Waals surface area contributed by atoms with Crippen LogP contribution in [0.25, 0.3) is 0 Å². The molecule has 3 heterocycles. The highest BCUT2D eigenvalue weighted by Crippen LogP contribution is 2.31. The van der Waals surface area contributed by atoms with E-state index in [1.807, 2.05) is 6.92 Å². The molecule has 24 heavy (non-hydrogen) atoms. The van der Waals surface area contributed by atoms with E-state index in [0.717, 1.165) is 57.0 Å². The lowest BCUT2D eigenvalue weighted by atomic mass is 10.0. The Kier molecular flexibility index (Phi) is 5.54. The van der Waals surface area contributed by atoms with Crippen molar-refractivity contribution < 1.29 is 9.32 Å². The molecule has 6 nitrogen and oxygen atoms in total. The molecule has 6 heteroatoms. The van der Waals surface area contributed by atoms with Crippen molar-refractivity contribution in [2.24, 2.45) is 5.92 Å². The van der Waals surface area contributed by atoms with Crippen LogP contribution in [0.15, 0.2) is 4.52 Å². The summed E-state index contributed by atoms with van der Waals surface area (Å²) in [5.74, 6) is 2.33. The normalized spacial score (nSPS) is 25.1. The molecular formula is C18H30N4O2. The molecule has 0 aliphatic carbocycles. The summed E-state index contributed by atoms with van der Waals surface area (Å²) in [6, 6.07) is 0.803. The molecule has 2 saturated heterocycles. The molecule has 0 N–H and O–H groups in total. The van der Waals surface area contributed by atoms with Gasteiger partial charge in [-0.2, -0.15) is 4.98 Å². The van der Waals surface area contributed by atoms with Crippen LogP contribution in [0.1, 0.15) is 64.6 Å². The molecule has 1 amide bonds. The highest BCUT2D eigenvalue weighted by Gasteiger charge is 2.39. The van der Waals surface area contributed by atoms with Crippen molar-refractivity contribution >= 4 is 5.91 Å². The summed E-state index contributed by atoms with van der Waals surface area (Å²) in [4.78, 5) is 21.3. The molecule has 0 radical (unpaired) electrons. The standard InChI is InChI=1S/C18H30N4O2/c1-4-18(23)22-10-6-8-15(22)14-7-5-9-21(14)12-16-19-17(24-20-16)11-13(2)3/h13-15H,4-12H2,1-3H3/t14-,15-/m0/s1. The second-order valence-corrected chi connectivity index (χ2v) is 7.53. The fraction of sp³-hybridized carbons (Fsp3) is 0.833. The van der Waals surface area contributed by atoms with Gasteiger partial charge in [0, 0.05) is 31.5 Å². The maximum absolute atomic E-state index is 12.2. The first-order valence-electron chi connectivity index (χ1n) is 9.43. The first-order valence-corrected chi connectivity index (χ1v) is 9.43. The van der Waals surface area contributed by atoms with Crippen LogP contribution in [0, 0.1) is 5.92 Å². The number of carbonyl (C=O) groups is 1. The van der Waals surface area contributed by atoms with Crippen LogP contribution in [0.3, 0.4) is 0 Å². The third kappa shape index (κ3) is 3.79. The number of carbonyl (C=O) groups excluding carboxylic acids is 1. The molecule has 3 rings (SSSR count). The van der Waals surface area contributed by atoms with Gasteiger partial charge in [-0.3, -0.25) is 9.69 Å². The quantitative estimate of drug-likeness (QED) is 0.800. The minimum atomic E-state index is 0.295. The van der Waals surface area contributed by atoms with E-state index in [4.69, 9.17) is 4.52 Å². The summed E-state index contributed by atoms with van der Waals surface area (Å²) in [6.45, 7) is 8.97. The molecule has 2 aliphatic heterocycles. The second-order valence-electron chi connectivity index (χ2n) is 7.53. The zero-order chi connectivity index (χ0) is 17.1. The summed E-state index contributed by atoms with van der Waals surface area (Å²) < 4.78 is 5.37. The van der Waals surface area contributed by atoms with Crippen molar-refractivity contribution in [2.45, 2.75) is 77.9 Å². The van der Waals surface area contributed by atoms with Crippen LogP contribution in [0.2, 0.25) is 0 Å². The third-order valence-corrected chi connectivity index (χ3v) is 5.22. The SMILES string of the molecule is CCC(=O)N1CCC[C@H]1[C@@H]1CCCN1Cc1noc(CC(C)C)n1. The second kappa shape index (κ2) is 7.64.